The van der Waals surface area contributed by atoms with Crippen molar-refractivity contribution in [1.82, 2.24) is 20.2 Å². The van der Waals surface area contributed by atoms with Gasteiger partial charge in [-0.25, -0.2) is 9.97 Å². The summed E-state index contributed by atoms with van der Waals surface area (Å²) in [7, 11) is 3.26. The predicted octanol–water partition coefficient (Wildman–Crippen LogP) is 2.03. The predicted molar refractivity (Wildman–Crippen MR) is 120 cm³/mol. The van der Waals surface area contributed by atoms with E-state index in [0.29, 0.717) is 36.4 Å². The van der Waals surface area contributed by atoms with Crippen molar-refractivity contribution in [2.45, 2.75) is 24.4 Å². The first-order chi connectivity index (χ1) is 15.1. The second-order valence-electron chi connectivity index (χ2n) is 7.16. The lowest BCUT2D eigenvalue weighted by Crippen LogP contribution is -2.46. The fraction of sp³-hybridized carbons (Fsp3) is 0.571. The van der Waals surface area contributed by atoms with Crippen LogP contribution < -0.4 is 10.2 Å². The first-order valence-corrected chi connectivity index (χ1v) is 11.4. The van der Waals surface area contributed by atoms with Crippen molar-refractivity contribution in [2.75, 3.05) is 65.0 Å². The summed E-state index contributed by atoms with van der Waals surface area (Å²) in [4.78, 5) is 26.2. The van der Waals surface area contributed by atoms with E-state index >= 15 is 0 Å². The number of nitrogens with one attached hydrogen (secondary N) is 1. The maximum atomic E-state index is 12.1. The molecule has 1 aliphatic rings. The van der Waals surface area contributed by atoms with Gasteiger partial charge in [-0.15, -0.1) is 0 Å². The average molecular weight is 450 g/mol. The molecule has 0 bridgehead atoms. The van der Waals surface area contributed by atoms with Gasteiger partial charge in [-0.05, 0) is 18.7 Å². The third-order valence-electron chi connectivity index (χ3n) is 5.00. The molecule has 3 heterocycles. The Morgan fingerprint density at radius 1 is 1.19 bits per heavy atom. The van der Waals surface area contributed by atoms with Gasteiger partial charge < -0.3 is 29.0 Å². The van der Waals surface area contributed by atoms with Gasteiger partial charge in [0.2, 0.25) is 0 Å². The zero-order valence-corrected chi connectivity index (χ0v) is 19.2. The van der Waals surface area contributed by atoms with Crippen molar-refractivity contribution < 1.29 is 18.7 Å². The lowest BCUT2D eigenvalue weighted by Gasteiger charge is -2.34. The van der Waals surface area contributed by atoms with Crippen LogP contribution in [0.5, 0.6) is 0 Å². The number of hydrogen-bond donors (Lipinski definition) is 1. The zero-order chi connectivity index (χ0) is 22.1. The minimum absolute atomic E-state index is 0.250. The van der Waals surface area contributed by atoms with E-state index in [1.165, 1.54) is 11.8 Å². The van der Waals surface area contributed by atoms with Gasteiger partial charge in [0.1, 0.15) is 11.6 Å². The molecule has 0 saturated carbocycles. The van der Waals surface area contributed by atoms with Crippen LogP contribution in [-0.4, -0.2) is 80.9 Å². The molecule has 1 aliphatic heterocycles. The monoisotopic (exact) mass is 449 g/mol. The number of rotatable bonds is 11. The average Bonchev–Trinajstić information content (AvgIpc) is 3.27. The van der Waals surface area contributed by atoms with Crippen molar-refractivity contribution in [1.29, 1.82) is 0 Å². The Labute approximate surface area is 187 Å². The maximum Gasteiger partial charge on any atom is 0.287 e. The number of anilines is 1. The molecule has 0 aromatic carbocycles. The highest BCUT2D eigenvalue weighted by Gasteiger charge is 2.19. The number of amides is 1. The summed E-state index contributed by atoms with van der Waals surface area (Å²) in [5.41, 5.74) is 0.852. The molecule has 31 heavy (non-hydrogen) atoms. The molecule has 1 fully saturated rings. The molecule has 9 nitrogen and oxygen atoms in total. The number of piperazine rings is 1. The van der Waals surface area contributed by atoms with Crippen LogP contribution in [0.25, 0.3) is 0 Å². The van der Waals surface area contributed by atoms with Crippen LogP contribution >= 0.6 is 11.8 Å². The number of carbonyl (C=O) groups is 1. The molecule has 0 atom stereocenters. The van der Waals surface area contributed by atoms with Gasteiger partial charge >= 0.3 is 0 Å². The fourth-order valence-electron chi connectivity index (χ4n) is 3.27. The molecule has 0 unspecified atom stereocenters. The van der Waals surface area contributed by atoms with E-state index in [2.05, 4.69) is 27.0 Å². The smallest absolute Gasteiger partial charge is 0.287 e. The summed E-state index contributed by atoms with van der Waals surface area (Å²) in [6.07, 6.45) is 0. The number of furan rings is 1. The van der Waals surface area contributed by atoms with Gasteiger partial charge in [0.15, 0.2) is 10.9 Å². The standard InChI is InChI=1S/C21H31N5O4S/c1-4-25-8-10-26(11-9-25)19-13-16(14-29-3)23-21(24-19)31-15-17-5-6-18(30-17)20(27)22-7-12-28-2/h5-6,13H,4,7-12,14-15H2,1-3H3,(H,22,27). The summed E-state index contributed by atoms with van der Waals surface area (Å²) in [5.74, 6) is 2.19. The molecule has 170 valence electrons. The maximum absolute atomic E-state index is 12.1. The summed E-state index contributed by atoms with van der Waals surface area (Å²) in [5, 5.41) is 3.42. The third kappa shape index (κ3) is 6.93. The van der Waals surface area contributed by atoms with E-state index in [1.54, 1.807) is 20.3 Å². The molecular formula is C21H31N5O4S. The molecule has 0 spiro atoms. The minimum Gasteiger partial charge on any atom is -0.455 e. The van der Waals surface area contributed by atoms with Gasteiger partial charge in [-0.1, -0.05) is 18.7 Å². The number of likely N-dealkylation sites (N-methyl/N-ethyl adjacent to an activating group) is 1. The number of aromatic nitrogens is 2. The van der Waals surface area contributed by atoms with Crippen LogP contribution in [0.3, 0.4) is 0 Å². The highest BCUT2D eigenvalue weighted by atomic mass is 32.2. The topological polar surface area (TPSA) is 93.0 Å². The molecule has 3 rings (SSSR count). The SMILES string of the molecule is CCN1CCN(c2cc(COC)nc(SCc3ccc(C(=O)NCCOC)o3)n2)CC1. The number of methoxy groups -OCH3 is 2. The van der Waals surface area contributed by atoms with Gasteiger partial charge in [-0.3, -0.25) is 4.79 Å². The van der Waals surface area contributed by atoms with Crippen LogP contribution in [0.15, 0.2) is 27.8 Å². The van der Waals surface area contributed by atoms with Gasteiger partial charge in [0, 0.05) is 53.0 Å². The number of thioether (sulfide) groups is 1. The van der Waals surface area contributed by atoms with E-state index in [4.69, 9.17) is 18.9 Å². The Morgan fingerprint density at radius 3 is 2.71 bits per heavy atom. The largest absolute Gasteiger partial charge is 0.455 e. The Kier molecular flexibility index (Phi) is 9.13. The van der Waals surface area contributed by atoms with Crippen LogP contribution in [0, 0.1) is 0 Å². The van der Waals surface area contributed by atoms with E-state index in [9.17, 15) is 4.79 Å². The molecule has 1 amide bonds. The third-order valence-corrected chi connectivity index (χ3v) is 5.87. The zero-order valence-electron chi connectivity index (χ0n) is 18.4. The fourth-order valence-corrected chi connectivity index (χ4v) is 4.03. The van der Waals surface area contributed by atoms with Crippen LogP contribution in [0.2, 0.25) is 0 Å². The second kappa shape index (κ2) is 12.0. The van der Waals surface area contributed by atoms with E-state index < -0.39 is 0 Å². The van der Waals surface area contributed by atoms with Crippen molar-refractivity contribution >= 4 is 23.5 Å². The van der Waals surface area contributed by atoms with Crippen LogP contribution in [0.4, 0.5) is 5.82 Å². The van der Waals surface area contributed by atoms with Gasteiger partial charge in [0.25, 0.3) is 5.91 Å². The molecule has 2 aromatic rings. The molecule has 10 heteroatoms. The van der Waals surface area contributed by atoms with E-state index in [1.807, 2.05) is 12.1 Å². The lowest BCUT2D eigenvalue weighted by molar-refractivity contribution is 0.0908. The van der Waals surface area contributed by atoms with Crippen LogP contribution in [0.1, 0.15) is 28.9 Å². The number of nitrogens with zero attached hydrogens (tertiary/aromatic N) is 4. The molecule has 0 aliphatic carbocycles. The Hall–Kier alpha value is -2.14. The lowest BCUT2D eigenvalue weighted by atomic mass is 10.3. The Bertz CT molecular complexity index is 839. The van der Waals surface area contributed by atoms with Crippen LogP contribution in [-0.2, 0) is 21.8 Å². The number of hydrogen-bond acceptors (Lipinski definition) is 9. The minimum atomic E-state index is -0.250. The van der Waals surface area contributed by atoms with Crippen molar-refractivity contribution in [2.24, 2.45) is 0 Å². The number of ether oxygens (including phenoxy) is 2. The van der Waals surface area contributed by atoms with E-state index in [0.717, 1.165) is 44.2 Å². The first-order valence-electron chi connectivity index (χ1n) is 10.5. The van der Waals surface area contributed by atoms with Crippen molar-refractivity contribution in [3.8, 4) is 0 Å². The number of carbonyl (C=O) groups excluding carboxylic acids is 1. The Balaban J connectivity index is 1.63. The molecule has 0 radical (unpaired) electrons. The first kappa shape index (κ1) is 23.5. The van der Waals surface area contributed by atoms with Crippen molar-refractivity contribution in [3.63, 3.8) is 0 Å². The molecule has 2 aromatic heterocycles. The van der Waals surface area contributed by atoms with E-state index in [-0.39, 0.29) is 11.7 Å². The molecular weight excluding hydrogens is 418 g/mol. The molecule has 1 N–H and O–H groups in total. The van der Waals surface area contributed by atoms with Crippen molar-refractivity contribution in [3.05, 3.63) is 35.4 Å². The summed E-state index contributed by atoms with van der Waals surface area (Å²) < 4.78 is 15.9. The second-order valence-corrected chi connectivity index (χ2v) is 8.10. The quantitative estimate of drug-likeness (QED) is 0.314. The normalized spacial score (nSPS) is 14.7. The molecule has 1 saturated heterocycles. The summed E-state index contributed by atoms with van der Waals surface area (Å²) in [6.45, 7) is 8.55. The van der Waals surface area contributed by atoms with Gasteiger partial charge in [0.05, 0.1) is 24.7 Å². The van der Waals surface area contributed by atoms with Gasteiger partial charge in [-0.2, -0.15) is 0 Å². The summed E-state index contributed by atoms with van der Waals surface area (Å²) in [6, 6.07) is 5.49. The summed E-state index contributed by atoms with van der Waals surface area (Å²) >= 11 is 1.48. The highest BCUT2D eigenvalue weighted by Crippen LogP contribution is 2.25. The highest BCUT2D eigenvalue weighted by molar-refractivity contribution is 7.98. The Morgan fingerprint density at radius 2 is 2.00 bits per heavy atom.